The zero-order valence-electron chi connectivity index (χ0n) is 16.0. The van der Waals surface area contributed by atoms with Crippen LogP contribution in [0.25, 0.3) is 0 Å². The first kappa shape index (κ1) is 20.4. The Hall–Kier alpha value is -2.89. The van der Waals surface area contributed by atoms with Crippen LogP contribution in [0.2, 0.25) is 0 Å². The lowest BCUT2D eigenvalue weighted by Crippen LogP contribution is -2.18. The van der Waals surface area contributed by atoms with Gasteiger partial charge < -0.3 is 9.73 Å². The molecule has 0 saturated carbocycles. The predicted octanol–water partition coefficient (Wildman–Crippen LogP) is 4.73. The summed E-state index contributed by atoms with van der Waals surface area (Å²) >= 11 is 0. The number of hydrogen-bond acceptors (Lipinski definition) is 4. The minimum absolute atomic E-state index is 0.0619. The van der Waals surface area contributed by atoms with Crippen LogP contribution in [-0.2, 0) is 4.79 Å². The summed E-state index contributed by atoms with van der Waals surface area (Å²) in [7, 11) is 0. The maximum atomic E-state index is 11.9. The van der Waals surface area contributed by atoms with E-state index in [4.69, 9.17) is 4.42 Å². The molecule has 2 aromatic rings. The molecular weight excluding hydrogens is 342 g/mol. The lowest BCUT2D eigenvalue weighted by molar-refractivity contribution is -0.121. The van der Waals surface area contributed by atoms with Crippen molar-refractivity contribution in [1.82, 2.24) is 5.43 Å². The average molecular weight is 369 g/mol. The molecule has 0 bridgehead atoms. The fraction of sp³-hybridized carbons (Fsp3) is 0.381. The molecule has 0 aliphatic rings. The maximum Gasteiger partial charge on any atom is 0.291 e. The minimum Gasteiger partial charge on any atom is -0.459 e. The van der Waals surface area contributed by atoms with Crippen LogP contribution in [0.4, 0.5) is 5.69 Å². The highest BCUT2D eigenvalue weighted by atomic mass is 16.3. The first-order valence-electron chi connectivity index (χ1n) is 9.38. The Morgan fingerprint density at radius 3 is 2.44 bits per heavy atom. The Labute approximate surface area is 160 Å². The number of hydrogen-bond donors (Lipinski definition) is 2. The number of nitrogens with one attached hydrogen (secondary N) is 2. The number of nitrogens with zero attached hydrogens (tertiary/aromatic N) is 1. The smallest absolute Gasteiger partial charge is 0.291 e. The molecule has 27 heavy (non-hydrogen) atoms. The van der Waals surface area contributed by atoms with Crippen molar-refractivity contribution in [3.05, 3.63) is 54.0 Å². The number of furan rings is 1. The van der Waals surface area contributed by atoms with Crippen LogP contribution in [0.15, 0.2) is 52.2 Å². The largest absolute Gasteiger partial charge is 0.459 e. The normalized spacial score (nSPS) is 11.3. The van der Waals surface area contributed by atoms with Crippen LogP contribution in [0.1, 0.15) is 68.5 Å². The summed E-state index contributed by atoms with van der Waals surface area (Å²) < 4.78 is 5.06. The minimum atomic E-state index is -0.302. The summed E-state index contributed by atoms with van der Waals surface area (Å²) in [5.74, 6) is -0.105. The maximum absolute atomic E-state index is 11.9. The van der Waals surface area contributed by atoms with E-state index < -0.39 is 0 Å². The molecule has 6 nitrogen and oxygen atoms in total. The van der Waals surface area contributed by atoms with Gasteiger partial charge in [0.05, 0.1) is 12.0 Å². The molecule has 0 fully saturated rings. The number of carbonyl (C=O) groups is 2. The van der Waals surface area contributed by atoms with Gasteiger partial charge in [-0.05, 0) is 43.2 Å². The van der Waals surface area contributed by atoms with Crippen molar-refractivity contribution in [2.24, 2.45) is 5.10 Å². The fourth-order valence-electron chi connectivity index (χ4n) is 2.55. The van der Waals surface area contributed by atoms with E-state index in [1.54, 1.807) is 24.3 Å². The van der Waals surface area contributed by atoms with Gasteiger partial charge >= 0.3 is 0 Å². The van der Waals surface area contributed by atoms with Gasteiger partial charge in [-0.25, -0.2) is 5.43 Å². The molecule has 1 aromatic heterocycles. The van der Waals surface area contributed by atoms with Gasteiger partial charge in [0.2, 0.25) is 5.91 Å². The SMILES string of the molecule is CCCCCCCC(=O)N/N=C(\C)c1ccc(NC(=O)c2ccco2)cc1. The monoisotopic (exact) mass is 369 g/mol. The molecule has 1 heterocycles. The van der Waals surface area contributed by atoms with E-state index in [1.807, 2.05) is 19.1 Å². The second-order valence-corrected chi connectivity index (χ2v) is 6.41. The van der Waals surface area contributed by atoms with E-state index in [1.165, 1.54) is 25.5 Å². The third kappa shape index (κ3) is 7.09. The molecule has 0 atom stereocenters. The molecule has 0 radical (unpaired) electrons. The number of unbranched alkanes of at least 4 members (excludes halogenated alkanes) is 4. The number of amides is 2. The van der Waals surface area contributed by atoms with Gasteiger partial charge in [0.1, 0.15) is 0 Å². The number of hydrazone groups is 1. The molecule has 0 spiro atoms. The molecule has 2 rings (SSSR count). The van der Waals surface area contributed by atoms with Gasteiger partial charge in [-0.2, -0.15) is 5.10 Å². The lowest BCUT2D eigenvalue weighted by atomic mass is 10.1. The van der Waals surface area contributed by atoms with Crippen LogP contribution < -0.4 is 10.7 Å². The molecule has 2 N–H and O–H groups in total. The molecule has 144 valence electrons. The van der Waals surface area contributed by atoms with Crippen molar-refractivity contribution in [3.8, 4) is 0 Å². The molecule has 6 heteroatoms. The van der Waals surface area contributed by atoms with E-state index >= 15 is 0 Å². The van der Waals surface area contributed by atoms with Crippen molar-refractivity contribution in [2.45, 2.75) is 52.4 Å². The topological polar surface area (TPSA) is 83.7 Å². The quantitative estimate of drug-likeness (QED) is 0.361. The zero-order chi connectivity index (χ0) is 19.5. The van der Waals surface area contributed by atoms with Crippen molar-refractivity contribution in [1.29, 1.82) is 0 Å². The molecule has 0 aliphatic carbocycles. The highest BCUT2D eigenvalue weighted by Gasteiger charge is 2.08. The Balaban J connectivity index is 1.80. The second-order valence-electron chi connectivity index (χ2n) is 6.41. The van der Waals surface area contributed by atoms with Crippen molar-refractivity contribution in [3.63, 3.8) is 0 Å². The van der Waals surface area contributed by atoms with Crippen LogP contribution in [-0.4, -0.2) is 17.5 Å². The third-order valence-corrected chi connectivity index (χ3v) is 4.16. The highest BCUT2D eigenvalue weighted by molar-refractivity contribution is 6.03. The van der Waals surface area contributed by atoms with Gasteiger partial charge in [-0.3, -0.25) is 9.59 Å². The molecule has 0 unspecified atom stereocenters. The number of carbonyl (C=O) groups excluding carboxylic acids is 2. The Kier molecular flexibility index (Phi) is 8.29. The number of benzene rings is 1. The highest BCUT2D eigenvalue weighted by Crippen LogP contribution is 2.12. The summed E-state index contributed by atoms with van der Waals surface area (Å²) in [5.41, 5.74) is 4.84. The summed E-state index contributed by atoms with van der Waals surface area (Å²) in [6.07, 6.45) is 7.52. The van der Waals surface area contributed by atoms with Crippen LogP contribution in [0.5, 0.6) is 0 Å². The fourth-order valence-corrected chi connectivity index (χ4v) is 2.55. The first-order valence-corrected chi connectivity index (χ1v) is 9.38. The molecule has 0 saturated heterocycles. The Bertz CT molecular complexity index is 749. The van der Waals surface area contributed by atoms with Crippen LogP contribution in [0.3, 0.4) is 0 Å². The van der Waals surface area contributed by atoms with E-state index in [0.717, 1.165) is 18.4 Å². The molecular formula is C21H27N3O3. The zero-order valence-corrected chi connectivity index (χ0v) is 16.0. The van der Waals surface area contributed by atoms with Gasteiger partial charge in [0.25, 0.3) is 5.91 Å². The summed E-state index contributed by atoms with van der Waals surface area (Å²) in [5, 5.41) is 6.91. The molecule has 2 amide bonds. The summed E-state index contributed by atoms with van der Waals surface area (Å²) in [4.78, 5) is 23.8. The van der Waals surface area contributed by atoms with E-state index in [-0.39, 0.29) is 17.6 Å². The van der Waals surface area contributed by atoms with Gasteiger partial charge in [-0.15, -0.1) is 0 Å². The average Bonchev–Trinajstić information content (AvgIpc) is 3.21. The Morgan fingerprint density at radius 2 is 1.78 bits per heavy atom. The van der Waals surface area contributed by atoms with Crippen molar-refractivity contribution >= 4 is 23.2 Å². The van der Waals surface area contributed by atoms with Gasteiger partial charge in [0, 0.05) is 12.1 Å². The Morgan fingerprint density at radius 1 is 1.04 bits per heavy atom. The lowest BCUT2D eigenvalue weighted by Gasteiger charge is -2.06. The van der Waals surface area contributed by atoms with Crippen molar-refractivity contribution < 1.29 is 14.0 Å². The van der Waals surface area contributed by atoms with Gasteiger partial charge in [0.15, 0.2) is 5.76 Å². The molecule has 0 aliphatic heterocycles. The van der Waals surface area contributed by atoms with E-state index in [2.05, 4.69) is 22.8 Å². The number of rotatable bonds is 10. The predicted molar refractivity (Wildman–Crippen MR) is 107 cm³/mol. The summed E-state index contributed by atoms with van der Waals surface area (Å²) in [6.45, 7) is 4.00. The van der Waals surface area contributed by atoms with Crippen molar-refractivity contribution in [2.75, 3.05) is 5.32 Å². The van der Waals surface area contributed by atoms with Gasteiger partial charge in [-0.1, -0.05) is 44.7 Å². The van der Waals surface area contributed by atoms with Crippen LogP contribution in [0, 0.1) is 0 Å². The number of anilines is 1. The standard InChI is InChI=1S/C21H27N3O3/c1-3-4-5-6-7-10-20(25)24-23-16(2)17-11-13-18(14-12-17)22-21(26)19-9-8-15-27-19/h8-9,11-15H,3-7,10H2,1-2H3,(H,22,26)(H,24,25)/b23-16+. The second kappa shape index (κ2) is 11.0. The molecule has 1 aromatic carbocycles. The summed E-state index contributed by atoms with van der Waals surface area (Å²) in [6, 6.07) is 10.5. The van der Waals surface area contributed by atoms with E-state index in [9.17, 15) is 9.59 Å². The third-order valence-electron chi connectivity index (χ3n) is 4.16. The first-order chi connectivity index (χ1) is 13.1. The van der Waals surface area contributed by atoms with E-state index in [0.29, 0.717) is 17.8 Å². The van der Waals surface area contributed by atoms with Crippen LogP contribution >= 0.6 is 0 Å².